The van der Waals surface area contributed by atoms with Crippen molar-refractivity contribution in [1.82, 2.24) is 5.32 Å². The van der Waals surface area contributed by atoms with Gasteiger partial charge in [-0.3, -0.25) is 4.79 Å². The monoisotopic (exact) mass is 334 g/mol. The van der Waals surface area contributed by atoms with E-state index >= 15 is 0 Å². The van der Waals surface area contributed by atoms with Crippen LogP contribution in [0.5, 0.6) is 0 Å². The van der Waals surface area contributed by atoms with Crippen LogP contribution in [0, 0.1) is 0 Å². The van der Waals surface area contributed by atoms with Gasteiger partial charge in [-0.25, -0.2) is 0 Å². The van der Waals surface area contributed by atoms with Gasteiger partial charge in [-0.2, -0.15) is 13.2 Å². The molecule has 0 aliphatic rings. The van der Waals surface area contributed by atoms with Crippen LogP contribution >= 0.6 is 34.8 Å². The van der Waals surface area contributed by atoms with Crippen LogP contribution in [0.15, 0.2) is 12.1 Å². The van der Waals surface area contributed by atoms with E-state index in [1.54, 1.807) is 0 Å². The molecule has 0 unspecified atom stereocenters. The molecule has 19 heavy (non-hydrogen) atoms. The average molecular weight is 336 g/mol. The second kappa shape index (κ2) is 6.65. The van der Waals surface area contributed by atoms with E-state index in [0.29, 0.717) is 0 Å². The Hall–Kier alpha value is -0.690. The number of hydrogen-bond acceptors (Lipinski definition) is 2. The quantitative estimate of drug-likeness (QED) is 0.880. The van der Waals surface area contributed by atoms with Gasteiger partial charge in [0.2, 0.25) is 5.91 Å². The summed E-state index contributed by atoms with van der Waals surface area (Å²) in [5.41, 5.74) is 0.103. The van der Waals surface area contributed by atoms with Gasteiger partial charge in [0.05, 0.1) is 28.8 Å². The minimum absolute atomic E-state index is 0.0988. The molecule has 0 spiro atoms. The molecule has 0 saturated heterocycles. The maximum atomic E-state index is 11.9. The van der Waals surface area contributed by atoms with E-state index in [4.69, 9.17) is 34.8 Å². The van der Waals surface area contributed by atoms with Crippen LogP contribution in [0.2, 0.25) is 15.1 Å². The Balaban J connectivity index is 2.58. The first-order chi connectivity index (χ1) is 8.69. The van der Waals surface area contributed by atoms with Crippen LogP contribution in [-0.2, 0) is 4.79 Å². The molecule has 9 heteroatoms. The van der Waals surface area contributed by atoms with Crippen LogP contribution in [0.25, 0.3) is 0 Å². The normalized spacial score (nSPS) is 11.5. The number of halogens is 6. The molecule has 1 rings (SSSR count). The number of anilines is 1. The number of alkyl halides is 3. The number of nitrogens with one attached hydrogen (secondary N) is 2. The summed E-state index contributed by atoms with van der Waals surface area (Å²) in [7, 11) is 0. The van der Waals surface area contributed by atoms with Crippen LogP contribution in [0.1, 0.15) is 0 Å². The maximum absolute atomic E-state index is 11.9. The summed E-state index contributed by atoms with van der Waals surface area (Å²) in [5, 5.41) is 4.73. The fourth-order valence-electron chi connectivity index (χ4n) is 1.16. The Kier molecular flexibility index (Phi) is 5.73. The number of benzene rings is 1. The van der Waals surface area contributed by atoms with E-state index in [2.05, 4.69) is 5.32 Å². The van der Waals surface area contributed by atoms with Gasteiger partial charge in [0.1, 0.15) is 0 Å². The Morgan fingerprint density at radius 3 is 2.16 bits per heavy atom. The lowest BCUT2D eigenvalue weighted by Crippen LogP contribution is -2.35. The molecule has 0 bridgehead atoms. The minimum atomic E-state index is -4.38. The first kappa shape index (κ1) is 16.4. The lowest BCUT2D eigenvalue weighted by molar-refractivity contribution is -0.126. The summed E-state index contributed by atoms with van der Waals surface area (Å²) >= 11 is 17.3. The zero-order chi connectivity index (χ0) is 14.6. The predicted molar refractivity (Wildman–Crippen MR) is 69.0 cm³/mol. The van der Waals surface area contributed by atoms with Crippen molar-refractivity contribution in [3.8, 4) is 0 Å². The minimum Gasteiger partial charge on any atom is -0.322 e. The lowest BCUT2D eigenvalue weighted by atomic mass is 10.3. The summed E-state index contributed by atoms with van der Waals surface area (Å²) in [4.78, 5) is 11.4. The third-order valence-electron chi connectivity index (χ3n) is 1.88. The molecular formula is C10H8Cl3F3N2O. The van der Waals surface area contributed by atoms with E-state index < -0.39 is 25.2 Å². The highest BCUT2D eigenvalue weighted by atomic mass is 35.5. The van der Waals surface area contributed by atoms with Crippen molar-refractivity contribution in [3.63, 3.8) is 0 Å². The van der Waals surface area contributed by atoms with Crippen molar-refractivity contribution in [1.29, 1.82) is 0 Å². The number of rotatable bonds is 4. The fourth-order valence-corrected chi connectivity index (χ4v) is 2.07. The Morgan fingerprint density at radius 1 is 1.16 bits per heavy atom. The molecule has 1 aromatic carbocycles. The van der Waals surface area contributed by atoms with Gasteiger partial charge in [0.25, 0.3) is 0 Å². The molecule has 0 aliphatic carbocycles. The molecule has 2 N–H and O–H groups in total. The molecule has 0 saturated carbocycles. The van der Waals surface area contributed by atoms with Crippen molar-refractivity contribution in [2.45, 2.75) is 6.18 Å². The van der Waals surface area contributed by atoms with E-state index in [-0.39, 0.29) is 20.8 Å². The van der Waals surface area contributed by atoms with Crippen molar-refractivity contribution >= 4 is 46.4 Å². The zero-order valence-corrected chi connectivity index (χ0v) is 11.5. The fraction of sp³-hybridized carbons (Fsp3) is 0.300. The van der Waals surface area contributed by atoms with Crippen molar-refractivity contribution in [2.24, 2.45) is 0 Å². The number of amides is 1. The summed E-state index contributed by atoms with van der Waals surface area (Å²) < 4.78 is 35.6. The van der Waals surface area contributed by atoms with E-state index in [1.165, 1.54) is 12.1 Å². The summed E-state index contributed by atoms with van der Waals surface area (Å²) in [5.74, 6) is -0.699. The topological polar surface area (TPSA) is 41.1 Å². The first-order valence-corrected chi connectivity index (χ1v) is 6.04. The molecule has 1 aromatic rings. The summed E-state index contributed by atoms with van der Waals surface area (Å²) in [6.45, 7) is -1.78. The number of carbonyl (C=O) groups is 1. The largest absolute Gasteiger partial charge is 0.401 e. The summed E-state index contributed by atoms with van der Waals surface area (Å²) in [6.07, 6.45) is -4.38. The number of carbonyl (C=O) groups excluding carboxylic acids is 1. The molecule has 0 fully saturated rings. The predicted octanol–water partition coefficient (Wildman–Crippen LogP) is 3.74. The SMILES string of the molecule is O=C(CNCC(F)(F)F)Nc1c(Cl)cc(Cl)cc1Cl. The maximum Gasteiger partial charge on any atom is 0.401 e. The van der Waals surface area contributed by atoms with Gasteiger partial charge in [-0.15, -0.1) is 0 Å². The second-order valence-electron chi connectivity index (χ2n) is 3.51. The van der Waals surface area contributed by atoms with Crippen LogP contribution in [0.3, 0.4) is 0 Å². The average Bonchev–Trinajstić information content (AvgIpc) is 2.21. The second-order valence-corrected chi connectivity index (χ2v) is 4.76. The molecule has 106 valence electrons. The van der Waals surface area contributed by atoms with Gasteiger partial charge in [-0.05, 0) is 12.1 Å². The standard InChI is InChI=1S/C10H8Cl3F3N2O/c11-5-1-6(12)9(7(13)2-5)18-8(19)3-17-4-10(14,15)16/h1-2,17H,3-4H2,(H,18,19). The molecular weight excluding hydrogens is 327 g/mol. The molecule has 0 aromatic heterocycles. The van der Waals surface area contributed by atoms with Gasteiger partial charge >= 0.3 is 6.18 Å². The van der Waals surface area contributed by atoms with Gasteiger partial charge in [0.15, 0.2) is 0 Å². The molecule has 0 radical (unpaired) electrons. The van der Waals surface area contributed by atoms with E-state index in [0.717, 1.165) is 0 Å². The van der Waals surface area contributed by atoms with Gasteiger partial charge in [0, 0.05) is 5.02 Å². The van der Waals surface area contributed by atoms with Crippen LogP contribution in [-0.4, -0.2) is 25.2 Å². The molecule has 0 heterocycles. The molecule has 0 atom stereocenters. The molecule has 3 nitrogen and oxygen atoms in total. The van der Waals surface area contributed by atoms with Crippen LogP contribution in [0.4, 0.5) is 18.9 Å². The van der Waals surface area contributed by atoms with Crippen molar-refractivity contribution in [2.75, 3.05) is 18.4 Å². The molecule has 0 aliphatic heterocycles. The highest BCUT2D eigenvalue weighted by Gasteiger charge is 2.26. The van der Waals surface area contributed by atoms with Crippen LogP contribution < -0.4 is 10.6 Å². The zero-order valence-electron chi connectivity index (χ0n) is 9.24. The smallest absolute Gasteiger partial charge is 0.322 e. The summed E-state index contributed by atoms with van der Waals surface area (Å²) in [6, 6.07) is 2.71. The van der Waals surface area contributed by atoms with Crippen molar-refractivity contribution in [3.05, 3.63) is 27.2 Å². The van der Waals surface area contributed by atoms with Gasteiger partial charge < -0.3 is 10.6 Å². The first-order valence-electron chi connectivity index (χ1n) is 4.91. The van der Waals surface area contributed by atoms with E-state index in [1.807, 2.05) is 5.32 Å². The lowest BCUT2D eigenvalue weighted by Gasteiger charge is -2.11. The van der Waals surface area contributed by atoms with E-state index in [9.17, 15) is 18.0 Å². The van der Waals surface area contributed by atoms with Gasteiger partial charge in [-0.1, -0.05) is 34.8 Å². The van der Waals surface area contributed by atoms with Crippen molar-refractivity contribution < 1.29 is 18.0 Å². The highest BCUT2D eigenvalue weighted by Crippen LogP contribution is 2.33. The Labute approximate surface area is 122 Å². The highest BCUT2D eigenvalue weighted by molar-refractivity contribution is 6.42. The third kappa shape index (κ3) is 5.86. The number of hydrogen-bond donors (Lipinski definition) is 2. The molecule has 1 amide bonds. The Morgan fingerprint density at radius 2 is 1.68 bits per heavy atom. The Bertz CT molecular complexity index is 457. The third-order valence-corrected chi connectivity index (χ3v) is 2.70.